The average molecular weight is 287 g/mol. The number of rotatable bonds is 2. The van der Waals surface area contributed by atoms with E-state index in [-0.39, 0.29) is 0 Å². The first-order valence-electron chi connectivity index (χ1n) is 8.50. The Kier molecular flexibility index (Phi) is 4.21. The van der Waals surface area contributed by atoms with Crippen molar-refractivity contribution < 1.29 is 0 Å². The fraction of sp³-hybridized carbons (Fsp3) is 0.722. The Morgan fingerprint density at radius 1 is 1.05 bits per heavy atom. The molecule has 0 spiro atoms. The molecule has 0 N–H and O–H groups in total. The van der Waals surface area contributed by atoms with E-state index in [2.05, 4.69) is 47.7 Å². The third kappa shape index (κ3) is 3.39. The zero-order chi connectivity index (χ0) is 14.9. The Morgan fingerprint density at radius 3 is 2.33 bits per heavy atom. The molecule has 1 aromatic rings. The van der Waals surface area contributed by atoms with E-state index in [0.29, 0.717) is 11.5 Å². The molecule has 0 aliphatic carbocycles. The zero-order valence-corrected chi connectivity index (χ0v) is 13.8. The van der Waals surface area contributed by atoms with E-state index in [1.807, 2.05) is 6.20 Å². The van der Waals surface area contributed by atoms with Crippen LogP contribution in [-0.2, 0) is 0 Å². The molecule has 0 unspecified atom stereocenters. The fourth-order valence-corrected chi connectivity index (χ4v) is 3.69. The van der Waals surface area contributed by atoms with Crippen molar-refractivity contribution >= 4 is 5.82 Å². The summed E-state index contributed by atoms with van der Waals surface area (Å²) < 4.78 is 0. The van der Waals surface area contributed by atoms with Gasteiger partial charge < -0.3 is 4.90 Å². The molecule has 2 aliphatic rings. The molecular formula is C18H29N3. The highest BCUT2D eigenvalue weighted by molar-refractivity contribution is 5.42. The second kappa shape index (κ2) is 5.96. The summed E-state index contributed by atoms with van der Waals surface area (Å²) in [4.78, 5) is 9.64. The van der Waals surface area contributed by atoms with Crippen LogP contribution in [0.5, 0.6) is 0 Å². The lowest BCUT2D eigenvalue weighted by Crippen LogP contribution is -2.45. The number of hydrogen-bond acceptors (Lipinski definition) is 3. The quantitative estimate of drug-likeness (QED) is 0.827. The van der Waals surface area contributed by atoms with Gasteiger partial charge in [-0.15, -0.1) is 0 Å². The topological polar surface area (TPSA) is 19.4 Å². The summed E-state index contributed by atoms with van der Waals surface area (Å²) in [5, 5.41) is 0. The van der Waals surface area contributed by atoms with Gasteiger partial charge in [0.25, 0.3) is 0 Å². The highest BCUT2D eigenvalue weighted by atomic mass is 15.2. The molecule has 2 aliphatic heterocycles. The van der Waals surface area contributed by atoms with E-state index < -0.39 is 0 Å². The SMILES string of the molecule is CC(C)(C)N1CCC(c2ccnc(N3CCCC3)c2)CC1. The Balaban J connectivity index is 1.66. The molecule has 0 atom stereocenters. The first kappa shape index (κ1) is 14.8. The van der Waals surface area contributed by atoms with Gasteiger partial charge in [-0.1, -0.05) is 0 Å². The van der Waals surface area contributed by atoms with Gasteiger partial charge >= 0.3 is 0 Å². The molecular weight excluding hydrogens is 258 g/mol. The largest absolute Gasteiger partial charge is 0.357 e. The van der Waals surface area contributed by atoms with Crippen LogP contribution in [0.15, 0.2) is 18.3 Å². The van der Waals surface area contributed by atoms with Crippen molar-refractivity contribution in [3.05, 3.63) is 23.9 Å². The standard InChI is InChI=1S/C18H29N3/c1-18(2,3)21-12-7-15(8-13-21)16-6-9-19-17(14-16)20-10-4-5-11-20/h6,9,14-15H,4-5,7-8,10-13H2,1-3H3. The molecule has 3 heteroatoms. The molecule has 0 aromatic carbocycles. The minimum atomic E-state index is 0.309. The molecule has 21 heavy (non-hydrogen) atoms. The van der Waals surface area contributed by atoms with Gasteiger partial charge in [0.15, 0.2) is 0 Å². The molecule has 3 rings (SSSR count). The fourth-order valence-electron chi connectivity index (χ4n) is 3.69. The summed E-state index contributed by atoms with van der Waals surface area (Å²) in [6.45, 7) is 11.8. The summed E-state index contributed by atoms with van der Waals surface area (Å²) in [7, 11) is 0. The Bertz CT molecular complexity index is 464. The average Bonchev–Trinajstić information content (AvgIpc) is 3.01. The van der Waals surface area contributed by atoms with Crippen LogP contribution in [0.2, 0.25) is 0 Å². The summed E-state index contributed by atoms with van der Waals surface area (Å²) in [6.07, 6.45) is 7.20. The van der Waals surface area contributed by atoms with E-state index in [4.69, 9.17) is 0 Å². The minimum absolute atomic E-state index is 0.309. The van der Waals surface area contributed by atoms with E-state index in [9.17, 15) is 0 Å². The summed E-state index contributed by atoms with van der Waals surface area (Å²) in [5.74, 6) is 1.91. The lowest BCUT2D eigenvalue weighted by molar-refractivity contribution is 0.102. The summed E-state index contributed by atoms with van der Waals surface area (Å²) in [6, 6.07) is 4.58. The number of anilines is 1. The number of piperidine rings is 1. The second-order valence-corrected chi connectivity index (χ2v) is 7.57. The van der Waals surface area contributed by atoms with Crippen molar-refractivity contribution in [3.8, 4) is 0 Å². The number of nitrogens with zero attached hydrogens (tertiary/aromatic N) is 3. The molecule has 116 valence electrons. The molecule has 3 nitrogen and oxygen atoms in total. The Hall–Kier alpha value is -1.09. The van der Waals surface area contributed by atoms with Crippen LogP contribution in [0.25, 0.3) is 0 Å². The number of aromatic nitrogens is 1. The van der Waals surface area contributed by atoms with Gasteiger partial charge in [0.2, 0.25) is 0 Å². The van der Waals surface area contributed by atoms with Crippen molar-refractivity contribution in [2.24, 2.45) is 0 Å². The van der Waals surface area contributed by atoms with Gasteiger partial charge in [0.05, 0.1) is 0 Å². The second-order valence-electron chi connectivity index (χ2n) is 7.57. The van der Waals surface area contributed by atoms with Crippen molar-refractivity contribution in [2.75, 3.05) is 31.1 Å². The maximum Gasteiger partial charge on any atom is 0.128 e. The highest BCUT2D eigenvalue weighted by Gasteiger charge is 2.28. The van der Waals surface area contributed by atoms with Crippen molar-refractivity contribution in [2.45, 2.75) is 57.9 Å². The van der Waals surface area contributed by atoms with Crippen molar-refractivity contribution in [3.63, 3.8) is 0 Å². The lowest BCUT2D eigenvalue weighted by Gasteiger charge is -2.41. The van der Waals surface area contributed by atoms with Crippen LogP contribution in [0.3, 0.4) is 0 Å². The molecule has 0 radical (unpaired) electrons. The summed E-state index contributed by atoms with van der Waals surface area (Å²) >= 11 is 0. The van der Waals surface area contributed by atoms with Crippen LogP contribution in [0.1, 0.15) is 57.9 Å². The smallest absolute Gasteiger partial charge is 0.128 e. The molecule has 0 bridgehead atoms. The van der Waals surface area contributed by atoms with E-state index in [0.717, 1.165) is 0 Å². The monoisotopic (exact) mass is 287 g/mol. The number of pyridine rings is 1. The Labute approximate surface area is 129 Å². The van der Waals surface area contributed by atoms with Gasteiger partial charge in [0, 0.05) is 24.8 Å². The van der Waals surface area contributed by atoms with Crippen LogP contribution in [-0.4, -0.2) is 41.6 Å². The van der Waals surface area contributed by atoms with E-state index in [1.54, 1.807) is 0 Å². The van der Waals surface area contributed by atoms with E-state index >= 15 is 0 Å². The lowest BCUT2D eigenvalue weighted by atomic mass is 9.88. The zero-order valence-electron chi connectivity index (χ0n) is 13.8. The predicted molar refractivity (Wildman–Crippen MR) is 89.0 cm³/mol. The molecule has 2 fully saturated rings. The van der Waals surface area contributed by atoms with Crippen LogP contribution >= 0.6 is 0 Å². The molecule has 1 aromatic heterocycles. The molecule has 0 amide bonds. The van der Waals surface area contributed by atoms with Crippen molar-refractivity contribution in [1.29, 1.82) is 0 Å². The predicted octanol–water partition coefficient (Wildman–Crippen LogP) is 3.66. The highest BCUT2D eigenvalue weighted by Crippen LogP contribution is 2.32. The van der Waals surface area contributed by atoms with Crippen LogP contribution < -0.4 is 4.90 Å². The molecule has 0 saturated carbocycles. The third-order valence-electron chi connectivity index (χ3n) is 5.11. The number of likely N-dealkylation sites (tertiary alicyclic amines) is 1. The Morgan fingerprint density at radius 2 is 1.71 bits per heavy atom. The molecule has 3 heterocycles. The van der Waals surface area contributed by atoms with Gasteiger partial charge in [-0.05, 0) is 83.2 Å². The first-order valence-corrected chi connectivity index (χ1v) is 8.50. The van der Waals surface area contributed by atoms with Gasteiger partial charge in [-0.2, -0.15) is 0 Å². The minimum Gasteiger partial charge on any atom is -0.357 e. The van der Waals surface area contributed by atoms with Crippen LogP contribution in [0, 0.1) is 0 Å². The van der Waals surface area contributed by atoms with Gasteiger partial charge in [0.1, 0.15) is 5.82 Å². The summed E-state index contributed by atoms with van der Waals surface area (Å²) in [5.41, 5.74) is 1.81. The third-order valence-corrected chi connectivity index (χ3v) is 5.11. The number of hydrogen-bond donors (Lipinski definition) is 0. The van der Waals surface area contributed by atoms with Crippen molar-refractivity contribution in [1.82, 2.24) is 9.88 Å². The van der Waals surface area contributed by atoms with Gasteiger partial charge in [-0.25, -0.2) is 4.98 Å². The molecule has 2 saturated heterocycles. The normalized spacial score (nSPS) is 22.0. The maximum atomic E-state index is 4.59. The van der Waals surface area contributed by atoms with Gasteiger partial charge in [-0.3, -0.25) is 4.90 Å². The van der Waals surface area contributed by atoms with Crippen LogP contribution in [0.4, 0.5) is 5.82 Å². The van der Waals surface area contributed by atoms with E-state index in [1.165, 1.54) is 63.2 Å². The maximum absolute atomic E-state index is 4.59. The first-order chi connectivity index (χ1) is 10.0.